The molecule has 0 aliphatic rings. The van der Waals surface area contributed by atoms with E-state index in [4.69, 9.17) is 27.9 Å². The predicted molar refractivity (Wildman–Crippen MR) is 96.4 cm³/mol. The van der Waals surface area contributed by atoms with Crippen LogP contribution in [0.2, 0.25) is 10.0 Å². The minimum atomic E-state index is -0.443. The summed E-state index contributed by atoms with van der Waals surface area (Å²) >= 11 is 11.9. The van der Waals surface area contributed by atoms with Crippen molar-refractivity contribution in [2.45, 2.75) is 26.7 Å². The molecule has 0 N–H and O–H groups in total. The Morgan fingerprint density at radius 3 is 2.52 bits per heavy atom. The Labute approximate surface area is 146 Å². The highest BCUT2D eigenvalue weighted by atomic mass is 35.5. The van der Waals surface area contributed by atoms with Crippen LogP contribution in [0.1, 0.15) is 36.5 Å². The van der Waals surface area contributed by atoms with Gasteiger partial charge in [-0.3, -0.25) is 0 Å². The van der Waals surface area contributed by atoms with Crippen molar-refractivity contribution in [3.63, 3.8) is 0 Å². The standard InChI is InChI=1S/C19H18Cl2O2/c1-12(2)16-10-13(3)4-8-18(16)23-19(22)9-6-14-5-7-15(20)11-17(14)21/h4-12H,1-3H3/b9-6+. The van der Waals surface area contributed by atoms with E-state index in [1.54, 1.807) is 24.3 Å². The maximum atomic E-state index is 12.0. The number of rotatable bonds is 4. The number of esters is 1. The van der Waals surface area contributed by atoms with Gasteiger partial charge in [-0.1, -0.05) is 60.8 Å². The molecular weight excluding hydrogens is 331 g/mol. The maximum absolute atomic E-state index is 12.0. The Bertz CT molecular complexity index is 749. The van der Waals surface area contributed by atoms with Gasteiger partial charge in [0.1, 0.15) is 5.75 Å². The first-order valence-corrected chi connectivity index (χ1v) is 8.08. The summed E-state index contributed by atoms with van der Waals surface area (Å²) in [5, 5.41) is 1.04. The third kappa shape index (κ3) is 4.85. The highest BCUT2D eigenvalue weighted by Crippen LogP contribution is 2.28. The van der Waals surface area contributed by atoms with E-state index in [0.29, 0.717) is 21.4 Å². The summed E-state index contributed by atoms with van der Waals surface area (Å²) in [6.45, 7) is 6.14. The summed E-state index contributed by atoms with van der Waals surface area (Å²) in [4.78, 5) is 12.0. The molecule has 0 atom stereocenters. The number of carbonyl (C=O) groups excluding carboxylic acids is 1. The number of halogens is 2. The quantitative estimate of drug-likeness (QED) is 0.382. The fourth-order valence-electron chi connectivity index (χ4n) is 2.15. The van der Waals surface area contributed by atoms with Crippen molar-refractivity contribution in [3.8, 4) is 5.75 Å². The molecule has 0 spiro atoms. The number of hydrogen-bond donors (Lipinski definition) is 0. The number of hydrogen-bond acceptors (Lipinski definition) is 2. The van der Waals surface area contributed by atoms with E-state index >= 15 is 0 Å². The summed E-state index contributed by atoms with van der Waals surface area (Å²) < 4.78 is 5.45. The largest absolute Gasteiger partial charge is 0.423 e. The van der Waals surface area contributed by atoms with Crippen LogP contribution < -0.4 is 4.74 Å². The average molecular weight is 349 g/mol. The van der Waals surface area contributed by atoms with Gasteiger partial charge in [-0.2, -0.15) is 0 Å². The second kappa shape index (κ2) is 7.67. The van der Waals surface area contributed by atoms with Crippen molar-refractivity contribution in [2.75, 3.05) is 0 Å². The molecule has 0 radical (unpaired) electrons. The number of carbonyl (C=O) groups is 1. The highest BCUT2D eigenvalue weighted by Gasteiger charge is 2.11. The third-order valence-corrected chi connectivity index (χ3v) is 3.92. The maximum Gasteiger partial charge on any atom is 0.336 e. The summed E-state index contributed by atoms with van der Waals surface area (Å²) in [7, 11) is 0. The first-order chi connectivity index (χ1) is 10.9. The second-order valence-electron chi connectivity index (χ2n) is 5.62. The lowest BCUT2D eigenvalue weighted by atomic mass is 10.00. The van der Waals surface area contributed by atoms with Crippen LogP contribution in [0.15, 0.2) is 42.5 Å². The second-order valence-corrected chi connectivity index (χ2v) is 6.46. The lowest BCUT2D eigenvalue weighted by Crippen LogP contribution is -2.06. The summed E-state index contributed by atoms with van der Waals surface area (Å²) in [5.41, 5.74) is 2.86. The van der Waals surface area contributed by atoms with Gasteiger partial charge < -0.3 is 4.74 Å². The van der Waals surface area contributed by atoms with Crippen LogP contribution in [0.5, 0.6) is 5.75 Å². The molecule has 0 aliphatic carbocycles. The van der Waals surface area contributed by atoms with Crippen LogP contribution >= 0.6 is 23.2 Å². The van der Waals surface area contributed by atoms with Gasteiger partial charge in [0, 0.05) is 16.1 Å². The number of aryl methyl sites for hydroxylation is 1. The molecule has 0 saturated carbocycles. The summed E-state index contributed by atoms with van der Waals surface area (Å²) in [6, 6.07) is 10.9. The molecule has 0 bridgehead atoms. The summed E-state index contributed by atoms with van der Waals surface area (Å²) in [6.07, 6.45) is 2.98. The van der Waals surface area contributed by atoms with Crippen molar-refractivity contribution >= 4 is 35.2 Å². The zero-order chi connectivity index (χ0) is 17.0. The van der Waals surface area contributed by atoms with Crippen molar-refractivity contribution in [3.05, 3.63) is 69.2 Å². The molecule has 0 fully saturated rings. The number of ether oxygens (including phenoxy) is 1. The molecule has 0 saturated heterocycles. The van der Waals surface area contributed by atoms with Gasteiger partial charge in [0.2, 0.25) is 0 Å². The minimum absolute atomic E-state index is 0.271. The smallest absolute Gasteiger partial charge is 0.336 e. The molecule has 2 rings (SSSR count). The predicted octanol–water partition coefficient (Wildman–Crippen LogP) is 6.04. The van der Waals surface area contributed by atoms with E-state index in [0.717, 1.165) is 11.1 Å². The van der Waals surface area contributed by atoms with Gasteiger partial charge in [0.15, 0.2) is 0 Å². The van der Waals surface area contributed by atoms with Crippen LogP contribution in [0.25, 0.3) is 6.08 Å². The third-order valence-electron chi connectivity index (χ3n) is 3.36. The van der Waals surface area contributed by atoms with E-state index in [-0.39, 0.29) is 5.92 Å². The van der Waals surface area contributed by atoms with Crippen LogP contribution in [-0.2, 0) is 4.79 Å². The van der Waals surface area contributed by atoms with Crippen LogP contribution in [0, 0.1) is 6.92 Å². The fourth-order valence-corrected chi connectivity index (χ4v) is 2.62. The first-order valence-electron chi connectivity index (χ1n) is 7.32. The SMILES string of the molecule is Cc1ccc(OC(=O)/C=C/c2ccc(Cl)cc2Cl)c(C(C)C)c1. The monoisotopic (exact) mass is 348 g/mol. The van der Waals surface area contributed by atoms with Crippen molar-refractivity contribution in [1.29, 1.82) is 0 Å². The molecule has 0 heterocycles. The molecule has 2 aromatic carbocycles. The topological polar surface area (TPSA) is 26.3 Å². The van der Waals surface area contributed by atoms with Crippen molar-refractivity contribution < 1.29 is 9.53 Å². The van der Waals surface area contributed by atoms with Crippen LogP contribution in [0.4, 0.5) is 0 Å². The molecule has 0 aliphatic heterocycles. The molecule has 23 heavy (non-hydrogen) atoms. The Balaban J connectivity index is 2.15. The van der Waals surface area contributed by atoms with Gasteiger partial charge in [0.25, 0.3) is 0 Å². The van der Waals surface area contributed by atoms with E-state index in [9.17, 15) is 4.79 Å². The Hall–Kier alpha value is -1.77. The van der Waals surface area contributed by atoms with Gasteiger partial charge in [-0.05, 0) is 48.2 Å². The van der Waals surface area contributed by atoms with Crippen LogP contribution in [0.3, 0.4) is 0 Å². The molecule has 4 heteroatoms. The first kappa shape index (κ1) is 17.6. The van der Waals surface area contributed by atoms with E-state index in [2.05, 4.69) is 13.8 Å². The lowest BCUT2D eigenvalue weighted by molar-refractivity contribution is -0.128. The molecule has 120 valence electrons. The molecule has 0 amide bonds. The average Bonchev–Trinajstić information content (AvgIpc) is 2.48. The number of benzene rings is 2. The molecule has 0 unspecified atom stereocenters. The van der Waals surface area contributed by atoms with E-state index in [1.807, 2.05) is 25.1 Å². The highest BCUT2D eigenvalue weighted by molar-refractivity contribution is 6.35. The zero-order valence-corrected chi connectivity index (χ0v) is 14.8. The van der Waals surface area contributed by atoms with Gasteiger partial charge in [0.05, 0.1) is 0 Å². The van der Waals surface area contributed by atoms with Crippen molar-refractivity contribution in [2.24, 2.45) is 0 Å². The summed E-state index contributed by atoms with van der Waals surface area (Å²) in [5.74, 6) is 0.414. The van der Waals surface area contributed by atoms with Gasteiger partial charge in [-0.25, -0.2) is 4.79 Å². The van der Waals surface area contributed by atoms with Crippen LogP contribution in [-0.4, -0.2) is 5.97 Å². The van der Waals surface area contributed by atoms with Gasteiger partial charge >= 0.3 is 5.97 Å². The normalized spacial score (nSPS) is 11.2. The van der Waals surface area contributed by atoms with Gasteiger partial charge in [-0.15, -0.1) is 0 Å². The Morgan fingerprint density at radius 2 is 1.87 bits per heavy atom. The molecule has 2 aromatic rings. The minimum Gasteiger partial charge on any atom is -0.423 e. The van der Waals surface area contributed by atoms with Crippen molar-refractivity contribution in [1.82, 2.24) is 0 Å². The lowest BCUT2D eigenvalue weighted by Gasteiger charge is -2.12. The van der Waals surface area contributed by atoms with E-state index < -0.39 is 5.97 Å². The zero-order valence-electron chi connectivity index (χ0n) is 13.3. The molecule has 2 nitrogen and oxygen atoms in total. The fraction of sp³-hybridized carbons (Fsp3) is 0.211. The van der Waals surface area contributed by atoms with E-state index in [1.165, 1.54) is 6.08 Å². The molecular formula is C19H18Cl2O2. The Morgan fingerprint density at radius 1 is 1.13 bits per heavy atom. The molecule has 0 aromatic heterocycles. The Kier molecular flexibility index (Phi) is 5.86.